The molecule has 1 rings (SSSR count). The molecule has 0 aliphatic heterocycles. The SMILES string of the molecule is Cc1ccc(C(C(C)N)N(C)C(C)C(C)(C)C)o1. The summed E-state index contributed by atoms with van der Waals surface area (Å²) in [5.74, 6) is 1.90. The van der Waals surface area contributed by atoms with Crippen molar-refractivity contribution in [2.75, 3.05) is 7.05 Å². The average molecular weight is 252 g/mol. The Kier molecular flexibility index (Phi) is 4.62. The first-order valence-electron chi connectivity index (χ1n) is 6.68. The summed E-state index contributed by atoms with van der Waals surface area (Å²) in [5.41, 5.74) is 6.37. The third-order valence-corrected chi connectivity index (χ3v) is 3.85. The first-order chi connectivity index (χ1) is 8.14. The second kappa shape index (κ2) is 5.45. The standard InChI is InChI=1S/C15H28N2O/c1-10-8-9-13(18-10)14(11(2)16)17(7)12(3)15(4,5)6/h8-9,11-12,14H,16H2,1-7H3. The molecule has 1 aromatic heterocycles. The third-order valence-electron chi connectivity index (χ3n) is 3.85. The van der Waals surface area contributed by atoms with Gasteiger partial charge in [0.15, 0.2) is 0 Å². The van der Waals surface area contributed by atoms with E-state index in [0.717, 1.165) is 11.5 Å². The minimum Gasteiger partial charge on any atom is -0.465 e. The van der Waals surface area contributed by atoms with Gasteiger partial charge >= 0.3 is 0 Å². The molecule has 0 aromatic carbocycles. The summed E-state index contributed by atoms with van der Waals surface area (Å²) >= 11 is 0. The Bertz CT molecular complexity index is 376. The van der Waals surface area contributed by atoms with Gasteiger partial charge in [0.2, 0.25) is 0 Å². The molecule has 18 heavy (non-hydrogen) atoms. The molecule has 104 valence electrons. The summed E-state index contributed by atoms with van der Waals surface area (Å²) in [4.78, 5) is 2.32. The van der Waals surface area contributed by atoms with Crippen molar-refractivity contribution in [3.8, 4) is 0 Å². The smallest absolute Gasteiger partial charge is 0.122 e. The summed E-state index contributed by atoms with van der Waals surface area (Å²) in [6, 6.07) is 4.60. The normalized spacial score (nSPS) is 17.8. The Morgan fingerprint density at radius 3 is 2.11 bits per heavy atom. The van der Waals surface area contributed by atoms with Gasteiger partial charge in [-0.1, -0.05) is 20.8 Å². The lowest BCUT2D eigenvalue weighted by Crippen LogP contribution is -2.46. The van der Waals surface area contributed by atoms with Crippen LogP contribution in [0.2, 0.25) is 0 Å². The summed E-state index contributed by atoms with van der Waals surface area (Å²) in [6.45, 7) is 13.0. The number of hydrogen-bond acceptors (Lipinski definition) is 3. The number of hydrogen-bond donors (Lipinski definition) is 1. The van der Waals surface area contributed by atoms with Gasteiger partial charge in [-0.15, -0.1) is 0 Å². The number of aryl methyl sites for hydroxylation is 1. The first kappa shape index (κ1) is 15.3. The van der Waals surface area contributed by atoms with Gasteiger partial charge in [0.1, 0.15) is 11.5 Å². The van der Waals surface area contributed by atoms with E-state index in [9.17, 15) is 0 Å². The summed E-state index contributed by atoms with van der Waals surface area (Å²) in [5, 5.41) is 0. The molecule has 0 aliphatic rings. The van der Waals surface area contributed by atoms with Crippen LogP contribution in [0, 0.1) is 12.3 Å². The van der Waals surface area contributed by atoms with Crippen LogP contribution in [0.25, 0.3) is 0 Å². The topological polar surface area (TPSA) is 42.4 Å². The van der Waals surface area contributed by atoms with Crippen LogP contribution in [0.3, 0.4) is 0 Å². The van der Waals surface area contributed by atoms with Crippen molar-refractivity contribution in [3.63, 3.8) is 0 Å². The zero-order valence-corrected chi connectivity index (χ0v) is 12.8. The zero-order valence-electron chi connectivity index (χ0n) is 12.8. The van der Waals surface area contributed by atoms with Crippen molar-refractivity contribution < 1.29 is 4.42 Å². The van der Waals surface area contributed by atoms with Gasteiger partial charge in [-0.25, -0.2) is 0 Å². The van der Waals surface area contributed by atoms with E-state index in [1.165, 1.54) is 0 Å². The van der Waals surface area contributed by atoms with Crippen LogP contribution in [-0.2, 0) is 0 Å². The van der Waals surface area contributed by atoms with Crippen molar-refractivity contribution >= 4 is 0 Å². The van der Waals surface area contributed by atoms with Gasteiger partial charge in [0, 0.05) is 12.1 Å². The fraction of sp³-hybridized carbons (Fsp3) is 0.733. The van der Waals surface area contributed by atoms with E-state index < -0.39 is 0 Å². The molecule has 0 bridgehead atoms. The fourth-order valence-corrected chi connectivity index (χ4v) is 2.29. The number of nitrogens with zero attached hydrogens (tertiary/aromatic N) is 1. The zero-order chi connectivity index (χ0) is 14.1. The molecule has 3 atom stereocenters. The lowest BCUT2D eigenvalue weighted by Gasteiger charge is -2.40. The lowest BCUT2D eigenvalue weighted by molar-refractivity contribution is 0.0754. The highest BCUT2D eigenvalue weighted by Gasteiger charge is 2.32. The highest BCUT2D eigenvalue weighted by atomic mass is 16.3. The molecule has 1 heterocycles. The van der Waals surface area contributed by atoms with Gasteiger partial charge < -0.3 is 10.2 Å². The van der Waals surface area contributed by atoms with Crippen molar-refractivity contribution in [2.24, 2.45) is 11.1 Å². The summed E-state index contributed by atoms with van der Waals surface area (Å²) < 4.78 is 5.77. The molecule has 2 N–H and O–H groups in total. The van der Waals surface area contributed by atoms with Crippen molar-refractivity contribution in [1.29, 1.82) is 0 Å². The Hall–Kier alpha value is -0.800. The van der Waals surface area contributed by atoms with Crippen LogP contribution in [0.5, 0.6) is 0 Å². The molecule has 1 aromatic rings. The van der Waals surface area contributed by atoms with Crippen LogP contribution in [-0.4, -0.2) is 24.0 Å². The van der Waals surface area contributed by atoms with Gasteiger partial charge in [-0.05, 0) is 45.4 Å². The van der Waals surface area contributed by atoms with Gasteiger partial charge in [0.05, 0.1) is 6.04 Å². The summed E-state index contributed by atoms with van der Waals surface area (Å²) in [6.07, 6.45) is 0. The summed E-state index contributed by atoms with van der Waals surface area (Å²) in [7, 11) is 2.13. The molecule has 0 fully saturated rings. The van der Waals surface area contributed by atoms with E-state index in [0.29, 0.717) is 6.04 Å². The molecular formula is C15H28N2O. The van der Waals surface area contributed by atoms with Crippen LogP contribution in [0.15, 0.2) is 16.5 Å². The maximum Gasteiger partial charge on any atom is 0.122 e. The van der Waals surface area contributed by atoms with E-state index in [-0.39, 0.29) is 17.5 Å². The van der Waals surface area contributed by atoms with Crippen LogP contribution in [0.1, 0.15) is 52.2 Å². The van der Waals surface area contributed by atoms with E-state index in [1.54, 1.807) is 0 Å². The highest BCUT2D eigenvalue weighted by molar-refractivity contribution is 5.12. The number of nitrogens with two attached hydrogens (primary N) is 1. The predicted octanol–water partition coefficient (Wildman–Crippen LogP) is 3.34. The fourth-order valence-electron chi connectivity index (χ4n) is 2.29. The predicted molar refractivity (Wildman–Crippen MR) is 76.5 cm³/mol. The number of rotatable bonds is 4. The second-order valence-corrected chi connectivity index (χ2v) is 6.46. The monoisotopic (exact) mass is 252 g/mol. The molecule has 0 saturated heterocycles. The van der Waals surface area contributed by atoms with E-state index in [2.05, 4.69) is 39.6 Å². The maximum absolute atomic E-state index is 6.16. The molecule has 0 spiro atoms. The van der Waals surface area contributed by atoms with Crippen molar-refractivity contribution in [2.45, 2.75) is 59.7 Å². The molecule has 0 amide bonds. The average Bonchev–Trinajstić information content (AvgIpc) is 2.61. The van der Waals surface area contributed by atoms with E-state index in [4.69, 9.17) is 10.2 Å². The molecule has 3 nitrogen and oxygen atoms in total. The van der Waals surface area contributed by atoms with E-state index >= 15 is 0 Å². The molecule has 0 aliphatic carbocycles. The largest absolute Gasteiger partial charge is 0.465 e. The van der Waals surface area contributed by atoms with Gasteiger partial charge in [-0.3, -0.25) is 4.90 Å². The Morgan fingerprint density at radius 1 is 1.22 bits per heavy atom. The third kappa shape index (κ3) is 3.36. The number of furan rings is 1. The van der Waals surface area contributed by atoms with Crippen molar-refractivity contribution in [3.05, 3.63) is 23.7 Å². The quantitative estimate of drug-likeness (QED) is 0.893. The maximum atomic E-state index is 6.16. The molecule has 3 heteroatoms. The Morgan fingerprint density at radius 2 is 1.78 bits per heavy atom. The second-order valence-electron chi connectivity index (χ2n) is 6.46. The van der Waals surface area contributed by atoms with Crippen molar-refractivity contribution in [1.82, 2.24) is 4.90 Å². The minimum atomic E-state index is 0.0327. The van der Waals surface area contributed by atoms with Gasteiger partial charge in [-0.2, -0.15) is 0 Å². The Labute approximate surface area is 111 Å². The molecule has 3 unspecified atom stereocenters. The van der Waals surface area contributed by atoms with Crippen LogP contribution in [0.4, 0.5) is 0 Å². The lowest BCUT2D eigenvalue weighted by atomic mass is 9.85. The van der Waals surface area contributed by atoms with E-state index in [1.807, 2.05) is 26.0 Å². The number of likely N-dealkylation sites (N-methyl/N-ethyl adjacent to an activating group) is 1. The van der Waals surface area contributed by atoms with Crippen LogP contribution >= 0.6 is 0 Å². The highest BCUT2D eigenvalue weighted by Crippen LogP contribution is 2.32. The first-order valence-corrected chi connectivity index (χ1v) is 6.68. The minimum absolute atomic E-state index is 0.0327. The molecule has 0 radical (unpaired) electrons. The molecule has 0 saturated carbocycles. The Balaban J connectivity index is 2.99. The van der Waals surface area contributed by atoms with Crippen LogP contribution < -0.4 is 5.73 Å². The van der Waals surface area contributed by atoms with Gasteiger partial charge in [0.25, 0.3) is 0 Å². The molecular weight excluding hydrogens is 224 g/mol.